The number of aromatic nitrogens is 1. The zero-order valence-electron chi connectivity index (χ0n) is 19.1. The lowest BCUT2D eigenvalue weighted by molar-refractivity contribution is -0.123. The van der Waals surface area contributed by atoms with Gasteiger partial charge in [0.25, 0.3) is 0 Å². The van der Waals surface area contributed by atoms with E-state index in [9.17, 15) is 4.79 Å². The number of benzene rings is 1. The fraction of sp³-hybridized carbons (Fsp3) is 0.520. The number of nitrogens with two attached hydrogens (primary N) is 1. The van der Waals surface area contributed by atoms with Gasteiger partial charge in [-0.05, 0) is 37.1 Å². The summed E-state index contributed by atoms with van der Waals surface area (Å²) in [5.74, 6) is 1.97. The standard InChI is InChI=1S/C25H35N5O2/c1-32-23-19-21(26)10-11-22(23)29-16-13-28(14-17-29)15-18-30(24-9-5-6-12-27-24)25(31)20-7-3-2-4-8-20/h5-6,9-12,19-20H,2-4,7-8,13-18,26H2,1H3. The van der Waals surface area contributed by atoms with Crippen molar-refractivity contribution in [3.05, 3.63) is 42.6 Å². The van der Waals surface area contributed by atoms with E-state index in [1.165, 1.54) is 6.42 Å². The highest BCUT2D eigenvalue weighted by Gasteiger charge is 2.28. The molecule has 7 nitrogen and oxygen atoms in total. The van der Waals surface area contributed by atoms with Crippen LogP contribution in [0, 0.1) is 5.92 Å². The molecule has 7 heteroatoms. The smallest absolute Gasteiger partial charge is 0.231 e. The monoisotopic (exact) mass is 437 g/mol. The molecule has 1 aromatic carbocycles. The largest absolute Gasteiger partial charge is 0.495 e. The van der Waals surface area contributed by atoms with Crippen molar-refractivity contribution in [3.63, 3.8) is 0 Å². The van der Waals surface area contributed by atoms with Gasteiger partial charge in [-0.2, -0.15) is 0 Å². The molecule has 1 aliphatic carbocycles. The Balaban J connectivity index is 1.36. The number of piperazine rings is 1. The van der Waals surface area contributed by atoms with Crippen LogP contribution in [0.2, 0.25) is 0 Å². The molecule has 1 aliphatic heterocycles. The van der Waals surface area contributed by atoms with E-state index in [2.05, 4.69) is 14.8 Å². The van der Waals surface area contributed by atoms with Gasteiger partial charge in [-0.25, -0.2) is 4.98 Å². The third-order valence-corrected chi connectivity index (χ3v) is 6.70. The summed E-state index contributed by atoms with van der Waals surface area (Å²) in [5, 5.41) is 0. The summed E-state index contributed by atoms with van der Waals surface area (Å²) in [6.45, 7) is 5.25. The number of carbonyl (C=O) groups excluding carboxylic acids is 1. The predicted octanol–water partition coefficient (Wildman–Crippen LogP) is 3.41. The van der Waals surface area contributed by atoms with Gasteiger partial charge in [0, 0.05) is 63.1 Å². The van der Waals surface area contributed by atoms with Crippen molar-refractivity contribution in [2.75, 3.05) is 61.9 Å². The number of nitrogen functional groups attached to an aromatic ring is 1. The zero-order valence-corrected chi connectivity index (χ0v) is 19.1. The van der Waals surface area contributed by atoms with Crippen molar-refractivity contribution in [2.24, 2.45) is 5.92 Å². The van der Waals surface area contributed by atoms with Crippen LogP contribution in [-0.2, 0) is 4.79 Å². The molecule has 1 aromatic heterocycles. The van der Waals surface area contributed by atoms with E-state index in [4.69, 9.17) is 10.5 Å². The van der Waals surface area contributed by atoms with Gasteiger partial charge >= 0.3 is 0 Å². The number of hydrogen-bond acceptors (Lipinski definition) is 6. The Hall–Kier alpha value is -2.80. The second kappa shape index (κ2) is 10.7. The van der Waals surface area contributed by atoms with Crippen molar-refractivity contribution in [2.45, 2.75) is 32.1 Å². The topological polar surface area (TPSA) is 74.9 Å². The van der Waals surface area contributed by atoms with Crippen LogP contribution < -0.4 is 20.3 Å². The van der Waals surface area contributed by atoms with Crippen LogP contribution in [0.4, 0.5) is 17.2 Å². The first-order chi connectivity index (χ1) is 15.7. The minimum atomic E-state index is 0.139. The van der Waals surface area contributed by atoms with Crippen molar-refractivity contribution in [3.8, 4) is 5.75 Å². The number of amides is 1. The number of pyridine rings is 1. The van der Waals surface area contributed by atoms with Gasteiger partial charge in [0.15, 0.2) is 0 Å². The molecule has 0 atom stereocenters. The summed E-state index contributed by atoms with van der Waals surface area (Å²) >= 11 is 0. The molecule has 32 heavy (non-hydrogen) atoms. The fourth-order valence-electron chi connectivity index (χ4n) is 4.83. The van der Waals surface area contributed by atoms with E-state index in [-0.39, 0.29) is 11.8 Å². The number of nitrogens with zero attached hydrogens (tertiary/aromatic N) is 4. The predicted molar refractivity (Wildman–Crippen MR) is 129 cm³/mol. The van der Waals surface area contributed by atoms with Crippen LogP contribution >= 0.6 is 0 Å². The summed E-state index contributed by atoms with van der Waals surface area (Å²) in [6.07, 6.45) is 7.34. The third kappa shape index (κ3) is 5.33. The van der Waals surface area contributed by atoms with Gasteiger partial charge in [0.1, 0.15) is 11.6 Å². The average molecular weight is 438 g/mol. The number of rotatable bonds is 7. The molecular weight excluding hydrogens is 402 g/mol. The Morgan fingerprint density at radius 1 is 1.12 bits per heavy atom. The van der Waals surface area contributed by atoms with E-state index in [0.29, 0.717) is 12.2 Å². The molecule has 4 rings (SSSR count). The van der Waals surface area contributed by atoms with Crippen LogP contribution in [-0.4, -0.2) is 62.2 Å². The van der Waals surface area contributed by atoms with Gasteiger partial charge in [-0.1, -0.05) is 25.3 Å². The lowest BCUT2D eigenvalue weighted by atomic mass is 9.88. The Morgan fingerprint density at radius 3 is 2.59 bits per heavy atom. The molecule has 0 unspecified atom stereocenters. The Morgan fingerprint density at radius 2 is 1.91 bits per heavy atom. The highest BCUT2D eigenvalue weighted by Crippen LogP contribution is 2.31. The Labute approximate surface area is 191 Å². The molecule has 1 saturated heterocycles. The summed E-state index contributed by atoms with van der Waals surface area (Å²) in [7, 11) is 1.68. The van der Waals surface area contributed by atoms with Crippen LogP contribution in [0.25, 0.3) is 0 Å². The number of methoxy groups -OCH3 is 1. The summed E-state index contributed by atoms with van der Waals surface area (Å²) in [5.41, 5.74) is 7.70. The van der Waals surface area contributed by atoms with Crippen molar-refractivity contribution < 1.29 is 9.53 Å². The minimum Gasteiger partial charge on any atom is -0.495 e. The number of carbonyl (C=O) groups is 1. The molecule has 1 saturated carbocycles. The molecular formula is C25H35N5O2. The van der Waals surface area contributed by atoms with Crippen LogP contribution in [0.15, 0.2) is 42.6 Å². The van der Waals surface area contributed by atoms with Crippen molar-refractivity contribution in [1.29, 1.82) is 0 Å². The van der Waals surface area contributed by atoms with Gasteiger partial charge in [-0.15, -0.1) is 0 Å². The van der Waals surface area contributed by atoms with Crippen LogP contribution in [0.1, 0.15) is 32.1 Å². The molecule has 0 radical (unpaired) electrons. The number of anilines is 3. The van der Waals surface area contributed by atoms with Gasteiger partial charge in [-0.3, -0.25) is 14.6 Å². The van der Waals surface area contributed by atoms with E-state index in [1.54, 1.807) is 13.3 Å². The van der Waals surface area contributed by atoms with Gasteiger partial charge in [0.2, 0.25) is 5.91 Å². The first-order valence-electron chi connectivity index (χ1n) is 11.8. The Kier molecular flexibility index (Phi) is 7.47. The second-order valence-corrected chi connectivity index (χ2v) is 8.77. The maximum absolute atomic E-state index is 13.3. The lowest BCUT2D eigenvalue weighted by Crippen LogP contribution is -2.50. The van der Waals surface area contributed by atoms with E-state index >= 15 is 0 Å². The highest BCUT2D eigenvalue weighted by atomic mass is 16.5. The first kappa shape index (κ1) is 22.4. The Bertz CT molecular complexity index is 877. The quantitative estimate of drug-likeness (QED) is 0.669. The number of hydrogen-bond donors (Lipinski definition) is 1. The zero-order chi connectivity index (χ0) is 22.3. The SMILES string of the molecule is COc1cc(N)ccc1N1CCN(CCN(C(=O)C2CCCCC2)c2ccccn2)CC1. The lowest BCUT2D eigenvalue weighted by Gasteiger charge is -2.37. The molecule has 172 valence electrons. The van der Waals surface area contributed by atoms with Crippen LogP contribution in [0.5, 0.6) is 5.75 Å². The summed E-state index contributed by atoms with van der Waals surface area (Å²) < 4.78 is 5.53. The molecule has 1 amide bonds. The van der Waals surface area contributed by atoms with Gasteiger partial charge in [0.05, 0.1) is 12.8 Å². The van der Waals surface area contributed by atoms with Crippen molar-refractivity contribution in [1.82, 2.24) is 9.88 Å². The second-order valence-electron chi connectivity index (χ2n) is 8.77. The molecule has 2 heterocycles. The first-order valence-corrected chi connectivity index (χ1v) is 11.8. The molecule has 0 bridgehead atoms. The van der Waals surface area contributed by atoms with E-state index < -0.39 is 0 Å². The molecule has 2 aliphatic rings. The van der Waals surface area contributed by atoms with E-state index in [0.717, 1.165) is 75.7 Å². The summed E-state index contributed by atoms with van der Waals surface area (Å²) in [6, 6.07) is 11.6. The molecule has 2 N–H and O–H groups in total. The fourth-order valence-corrected chi connectivity index (χ4v) is 4.83. The number of ether oxygens (including phenoxy) is 1. The molecule has 2 fully saturated rings. The minimum absolute atomic E-state index is 0.139. The summed E-state index contributed by atoms with van der Waals surface area (Å²) in [4.78, 5) is 24.5. The van der Waals surface area contributed by atoms with E-state index in [1.807, 2.05) is 41.3 Å². The molecule has 0 spiro atoms. The van der Waals surface area contributed by atoms with Gasteiger partial charge < -0.3 is 15.4 Å². The highest BCUT2D eigenvalue weighted by molar-refractivity contribution is 5.94. The third-order valence-electron chi connectivity index (χ3n) is 6.70. The normalized spacial score (nSPS) is 17.8. The maximum Gasteiger partial charge on any atom is 0.231 e. The molecule has 2 aromatic rings. The maximum atomic E-state index is 13.3. The average Bonchev–Trinajstić information content (AvgIpc) is 2.85. The van der Waals surface area contributed by atoms with Crippen LogP contribution in [0.3, 0.4) is 0 Å². The van der Waals surface area contributed by atoms with Crippen molar-refractivity contribution >= 4 is 23.1 Å².